The fraction of sp³-hybridized carbons (Fsp3) is 0.533. The molecule has 1 aromatic carbocycles. The normalized spacial score (nSPS) is 13.8. The van der Waals surface area contributed by atoms with Crippen LogP contribution in [-0.4, -0.2) is 24.7 Å². The van der Waals surface area contributed by atoms with Crippen molar-refractivity contribution in [1.82, 2.24) is 0 Å². The lowest BCUT2D eigenvalue weighted by atomic mass is 10.2. The number of esters is 1. The summed E-state index contributed by atoms with van der Waals surface area (Å²) in [6.45, 7) is 4.75. The summed E-state index contributed by atoms with van der Waals surface area (Å²) < 4.78 is 10.7. The second kappa shape index (κ2) is 8.67. The predicted octanol–water partition coefficient (Wildman–Crippen LogP) is 2.26. The minimum Gasteiger partial charge on any atom is -0.460 e. The van der Waals surface area contributed by atoms with Crippen LogP contribution in [0.1, 0.15) is 32.3 Å². The summed E-state index contributed by atoms with van der Waals surface area (Å²) in [5.41, 5.74) is 6.75. The zero-order valence-electron chi connectivity index (χ0n) is 11.7. The van der Waals surface area contributed by atoms with E-state index in [1.807, 2.05) is 30.3 Å². The van der Waals surface area contributed by atoms with E-state index < -0.39 is 12.0 Å². The van der Waals surface area contributed by atoms with Crippen LogP contribution in [0, 0.1) is 0 Å². The number of rotatable bonds is 8. The lowest BCUT2D eigenvalue weighted by molar-refractivity contribution is -0.150. The number of ether oxygens (including phenoxy) is 2. The van der Waals surface area contributed by atoms with Gasteiger partial charge in [0.2, 0.25) is 0 Å². The summed E-state index contributed by atoms with van der Waals surface area (Å²) >= 11 is 0. The molecule has 1 rings (SSSR count). The van der Waals surface area contributed by atoms with E-state index in [9.17, 15) is 4.79 Å². The van der Waals surface area contributed by atoms with E-state index in [2.05, 4.69) is 6.92 Å². The van der Waals surface area contributed by atoms with Gasteiger partial charge in [0, 0.05) is 6.61 Å². The molecule has 2 N–H and O–H groups in total. The van der Waals surface area contributed by atoms with E-state index in [0.29, 0.717) is 6.61 Å². The molecule has 0 bridgehead atoms. The number of hydrogen-bond acceptors (Lipinski definition) is 4. The van der Waals surface area contributed by atoms with Crippen molar-refractivity contribution in [2.75, 3.05) is 6.61 Å². The number of carbonyl (C=O) groups is 1. The molecule has 0 aliphatic heterocycles. The molecule has 0 aliphatic rings. The van der Waals surface area contributed by atoms with Crippen molar-refractivity contribution in [2.24, 2.45) is 5.73 Å². The van der Waals surface area contributed by atoms with Gasteiger partial charge >= 0.3 is 5.97 Å². The molecule has 0 saturated carbocycles. The fourth-order valence-electron chi connectivity index (χ4n) is 1.53. The molecular formula is C15H23NO3. The Morgan fingerprint density at radius 1 is 1.32 bits per heavy atom. The van der Waals surface area contributed by atoms with Crippen LogP contribution in [0.2, 0.25) is 0 Å². The van der Waals surface area contributed by atoms with Crippen molar-refractivity contribution in [2.45, 2.75) is 45.4 Å². The van der Waals surface area contributed by atoms with Crippen molar-refractivity contribution in [3.8, 4) is 0 Å². The third-order valence-electron chi connectivity index (χ3n) is 2.88. The molecule has 0 aromatic heterocycles. The molecule has 0 radical (unpaired) electrons. The standard InChI is InChI=1S/C15H23NO3/c1-3-4-10-18-12(2)14(16)15(17)19-11-13-8-6-5-7-9-13/h5-9,12,14H,3-4,10-11,16H2,1-2H3/t12?,14-/m0/s1. The Balaban J connectivity index is 2.31. The second-order valence-corrected chi connectivity index (χ2v) is 4.55. The molecule has 4 nitrogen and oxygen atoms in total. The van der Waals surface area contributed by atoms with Gasteiger partial charge in [-0.2, -0.15) is 0 Å². The van der Waals surface area contributed by atoms with Crippen LogP contribution >= 0.6 is 0 Å². The summed E-state index contributed by atoms with van der Waals surface area (Å²) in [4.78, 5) is 11.8. The zero-order chi connectivity index (χ0) is 14.1. The number of unbranched alkanes of at least 4 members (excludes halogenated alkanes) is 1. The van der Waals surface area contributed by atoms with Gasteiger partial charge in [0.05, 0.1) is 6.10 Å². The maximum Gasteiger partial charge on any atom is 0.325 e. The molecule has 4 heteroatoms. The molecule has 0 amide bonds. The van der Waals surface area contributed by atoms with E-state index in [0.717, 1.165) is 18.4 Å². The van der Waals surface area contributed by atoms with E-state index in [1.165, 1.54) is 0 Å². The van der Waals surface area contributed by atoms with Crippen LogP contribution in [0.5, 0.6) is 0 Å². The van der Waals surface area contributed by atoms with Gasteiger partial charge in [0.1, 0.15) is 12.6 Å². The van der Waals surface area contributed by atoms with Crippen LogP contribution in [0.25, 0.3) is 0 Å². The summed E-state index contributed by atoms with van der Waals surface area (Å²) in [6.07, 6.45) is 1.70. The van der Waals surface area contributed by atoms with Crippen LogP contribution in [0.4, 0.5) is 0 Å². The van der Waals surface area contributed by atoms with Gasteiger partial charge in [-0.1, -0.05) is 43.7 Å². The Morgan fingerprint density at radius 2 is 2.00 bits per heavy atom. The van der Waals surface area contributed by atoms with E-state index in [4.69, 9.17) is 15.2 Å². The van der Waals surface area contributed by atoms with Gasteiger partial charge in [-0.05, 0) is 18.9 Å². The van der Waals surface area contributed by atoms with E-state index >= 15 is 0 Å². The first-order chi connectivity index (χ1) is 9.15. The summed E-state index contributed by atoms with van der Waals surface area (Å²) in [5, 5.41) is 0. The SMILES string of the molecule is CCCCOC(C)[C@H](N)C(=O)OCc1ccccc1. The molecular weight excluding hydrogens is 242 g/mol. The number of hydrogen-bond donors (Lipinski definition) is 1. The first-order valence-corrected chi connectivity index (χ1v) is 6.73. The smallest absolute Gasteiger partial charge is 0.325 e. The lowest BCUT2D eigenvalue weighted by Crippen LogP contribution is -2.43. The third kappa shape index (κ3) is 5.85. The first-order valence-electron chi connectivity index (χ1n) is 6.73. The van der Waals surface area contributed by atoms with Crippen LogP contribution in [0.15, 0.2) is 30.3 Å². The quantitative estimate of drug-likeness (QED) is 0.578. The molecule has 0 saturated heterocycles. The Hall–Kier alpha value is -1.39. The summed E-state index contributed by atoms with van der Waals surface area (Å²) in [5.74, 6) is -0.423. The van der Waals surface area contributed by atoms with Crippen molar-refractivity contribution >= 4 is 5.97 Å². The van der Waals surface area contributed by atoms with Gasteiger partial charge in [-0.25, -0.2) is 0 Å². The predicted molar refractivity (Wildman–Crippen MR) is 74.5 cm³/mol. The maximum atomic E-state index is 11.8. The Morgan fingerprint density at radius 3 is 2.63 bits per heavy atom. The van der Waals surface area contributed by atoms with Gasteiger partial charge in [0.15, 0.2) is 0 Å². The average Bonchev–Trinajstić information content (AvgIpc) is 2.45. The number of benzene rings is 1. The maximum absolute atomic E-state index is 11.8. The molecule has 0 spiro atoms. The van der Waals surface area contributed by atoms with Crippen molar-refractivity contribution in [3.05, 3.63) is 35.9 Å². The van der Waals surface area contributed by atoms with Crippen molar-refractivity contribution < 1.29 is 14.3 Å². The highest BCUT2D eigenvalue weighted by molar-refractivity contribution is 5.76. The van der Waals surface area contributed by atoms with Crippen LogP contribution in [-0.2, 0) is 20.9 Å². The zero-order valence-corrected chi connectivity index (χ0v) is 11.7. The first kappa shape index (κ1) is 15.7. The van der Waals surface area contributed by atoms with Crippen LogP contribution < -0.4 is 5.73 Å². The molecule has 1 unspecified atom stereocenters. The van der Waals surface area contributed by atoms with Gasteiger partial charge in [0.25, 0.3) is 0 Å². The Labute approximate surface area is 114 Å². The molecule has 0 aliphatic carbocycles. The average molecular weight is 265 g/mol. The topological polar surface area (TPSA) is 61.5 Å². The number of nitrogens with two attached hydrogens (primary N) is 1. The molecule has 106 valence electrons. The minimum atomic E-state index is -0.736. The van der Waals surface area contributed by atoms with Gasteiger partial charge < -0.3 is 15.2 Å². The van der Waals surface area contributed by atoms with Crippen molar-refractivity contribution in [3.63, 3.8) is 0 Å². The highest BCUT2D eigenvalue weighted by Crippen LogP contribution is 2.05. The molecule has 2 atom stereocenters. The molecule has 1 aromatic rings. The fourth-order valence-corrected chi connectivity index (χ4v) is 1.53. The second-order valence-electron chi connectivity index (χ2n) is 4.55. The number of carbonyl (C=O) groups excluding carboxylic acids is 1. The van der Waals surface area contributed by atoms with Crippen LogP contribution in [0.3, 0.4) is 0 Å². The Kier molecular flexibility index (Phi) is 7.15. The summed E-state index contributed by atoms with van der Waals surface area (Å²) in [7, 11) is 0. The summed E-state index contributed by atoms with van der Waals surface area (Å²) in [6, 6.07) is 8.79. The van der Waals surface area contributed by atoms with Gasteiger partial charge in [-0.15, -0.1) is 0 Å². The molecule has 19 heavy (non-hydrogen) atoms. The van der Waals surface area contributed by atoms with Crippen molar-refractivity contribution in [1.29, 1.82) is 0 Å². The lowest BCUT2D eigenvalue weighted by Gasteiger charge is -2.19. The Bertz CT molecular complexity index is 367. The molecule has 0 heterocycles. The third-order valence-corrected chi connectivity index (χ3v) is 2.88. The highest BCUT2D eigenvalue weighted by Gasteiger charge is 2.22. The molecule has 0 fully saturated rings. The monoisotopic (exact) mass is 265 g/mol. The van der Waals surface area contributed by atoms with E-state index in [1.54, 1.807) is 6.92 Å². The largest absolute Gasteiger partial charge is 0.460 e. The van der Waals surface area contributed by atoms with Gasteiger partial charge in [-0.3, -0.25) is 4.79 Å². The van der Waals surface area contributed by atoms with E-state index in [-0.39, 0.29) is 12.7 Å². The highest BCUT2D eigenvalue weighted by atomic mass is 16.5. The minimum absolute atomic E-state index is 0.245.